The van der Waals surface area contributed by atoms with E-state index in [1.165, 1.54) is 0 Å². The standard InChI is InChI=1S/C15H21N5O/c1-4-6-13-17-14(19-16)10-15(18-13)20(2)11-7-5-8-12(9-11)21-3/h5,7-10H,4,6,16H2,1-3H3,(H,17,18,19). The average molecular weight is 287 g/mol. The number of nitrogens with two attached hydrogens (primary N) is 1. The number of nitrogen functional groups attached to an aromatic ring is 1. The second-order valence-corrected chi connectivity index (χ2v) is 4.68. The van der Waals surface area contributed by atoms with Crippen molar-refractivity contribution in [1.82, 2.24) is 9.97 Å². The Morgan fingerprint density at radius 1 is 1.29 bits per heavy atom. The molecule has 112 valence electrons. The summed E-state index contributed by atoms with van der Waals surface area (Å²) in [5.41, 5.74) is 3.58. The van der Waals surface area contributed by atoms with Crippen molar-refractivity contribution in [3.8, 4) is 5.75 Å². The number of nitrogens with one attached hydrogen (secondary N) is 1. The number of aryl methyl sites for hydroxylation is 1. The summed E-state index contributed by atoms with van der Waals surface area (Å²) in [5.74, 6) is 8.47. The first kappa shape index (κ1) is 15.1. The largest absolute Gasteiger partial charge is 0.497 e. The number of anilines is 3. The summed E-state index contributed by atoms with van der Waals surface area (Å²) in [4.78, 5) is 10.9. The minimum absolute atomic E-state index is 0.609. The van der Waals surface area contributed by atoms with Crippen LogP contribution in [0.2, 0.25) is 0 Å². The molecule has 0 aliphatic carbocycles. The Kier molecular flexibility index (Phi) is 4.94. The predicted octanol–water partition coefficient (Wildman–Crippen LogP) is 2.49. The first-order valence-corrected chi connectivity index (χ1v) is 6.90. The summed E-state index contributed by atoms with van der Waals surface area (Å²) in [6.07, 6.45) is 1.80. The molecule has 2 rings (SSSR count). The van der Waals surface area contributed by atoms with Gasteiger partial charge in [-0.1, -0.05) is 13.0 Å². The maximum absolute atomic E-state index is 5.49. The topological polar surface area (TPSA) is 76.3 Å². The van der Waals surface area contributed by atoms with E-state index in [1.807, 2.05) is 42.3 Å². The van der Waals surface area contributed by atoms with Crippen LogP contribution >= 0.6 is 0 Å². The van der Waals surface area contributed by atoms with Crippen LogP contribution in [-0.2, 0) is 6.42 Å². The third kappa shape index (κ3) is 3.61. The van der Waals surface area contributed by atoms with Gasteiger partial charge in [0.15, 0.2) is 0 Å². The lowest BCUT2D eigenvalue weighted by atomic mass is 10.2. The fourth-order valence-electron chi connectivity index (χ4n) is 2.02. The monoisotopic (exact) mass is 287 g/mol. The van der Waals surface area contributed by atoms with E-state index in [4.69, 9.17) is 10.6 Å². The molecule has 3 N–H and O–H groups in total. The molecule has 0 spiro atoms. The van der Waals surface area contributed by atoms with Crippen molar-refractivity contribution in [3.63, 3.8) is 0 Å². The van der Waals surface area contributed by atoms with Crippen molar-refractivity contribution >= 4 is 17.3 Å². The summed E-state index contributed by atoms with van der Waals surface area (Å²) < 4.78 is 5.26. The molecule has 0 fully saturated rings. The van der Waals surface area contributed by atoms with Gasteiger partial charge in [-0.15, -0.1) is 0 Å². The van der Waals surface area contributed by atoms with Crippen LogP contribution in [0.3, 0.4) is 0 Å². The van der Waals surface area contributed by atoms with E-state index in [-0.39, 0.29) is 0 Å². The Labute approximate surface area is 124 Å². The molecule has 6 heteroatoms. The molecule has 2 aromatic rings. The molecule has 0 aliphatic rings. The molecular formula is C15H21N5O. The summed E-state index contributed by atoms with van der Waals surface area (Å²) in [5, 5.41) is 0. The van der Waals surface area contributed by atoms with Gasteiger partial charge in [-0.3, -0.25) is 0 Å². The lowest BCUT2D eigenvalue weighted by molar-refractivity contribution is 0.415. The van der Waals surface area contributed by atoms with Crippen molar-refractivity contribution in [2.24, 2.45) is 5.84 Å². The van der Waals surface area contributed by atoms with Crippen LogP contribution in [0.25, 0.3) is 0 Å². The van der Waals surface area contributed by atoms with E-state index in [1.54, 1.807) is 7.11 Å². The van der Waals surface area contributed by atoms with Crippen LogP contribution in [0.4, 0.5) is 17.3 Å². The highest BCUT2D eigenvalue weighted by atomic mass is 16.5. The van der Waals surface area contributed by atoms with E-state index < -0.39 is 0 Å². The zero-order valence-corrected chi connectivity index (χ0v) is 12.6. The molecule has 0 unspecified atom stereocenters. The van der Waals surface area contributed by atoms with Crippen molar-refractivity contribution in [1.29, 1.82) is 0 Å². The normalized spacial score (nSPS) is 10.3. The molecule has 0 aliphatic heterocycles. The third-order valence-corrected chi connectivity index (χ3v) is 3.16. The van der Waals surface area contributed by atoms with Crippen LogP contribution in [0.5, 0.6) is 5.75 Å². The Balaban J connectivity index is 2.36. The number of nitrogens with zero attached hydrogens (tertiary/aromatic N) is 3. The first-order chi connectivity index (χ1) is 10.2. The molecule has 0 radical (unpaired) electrons. The lowest BCUT2D eigenvalue weighted by Crippen LogP contribution is -2.16. The second kappa shape index (κ2) is 6.90. The first-order valence-electron chi connectivity index (χ1n) is 6.90. The molecule has 1 aromatic carbocycles. The number of benzene rings is 1. The number of hydrogen-bond acceptors (Lipinski definition) is 6. The zero-order valence-electron chi connectivity index (χ0n) is 12.6. The average Bonchev–Trinajstić information content (AvgIpc) is 2.54. The summed E-state index contributed by atoms with van der Waals surface area (Å²) in [6, 6.07) is 9.63. The molecule has 0 amide bonds. The predicted molar refractivity (Wildman–Crippen MR) is 84.9 cm³/mol. The highest BCUT2D eigenvalue weighted by molar-refractivity contribution is 5.63. The summed E-state index contributed by atoms with van der Waals surface area (Å²) >= 11 is 0. The second-order valence-electron chi connectivity index (χ2n) is 4.68. The van der Waals surface area contributed by atoms with Gasteiger partial charge >= 0.3 is 0 Å². The smallest absolute Gasteiger partial charge is 0.145 e. The third-order valence-electron chi connectivity index (χ3n) is 3.16. The van der Waals surface area contributed by atoms with Gasteiger partial charge < -0.3 is 15.1 Å². The van der Waals surface area contributed by atoms with Gasteiger partial charge in [0.25, 0.3) is 0 Å². The van der Waals surface area contributed by atoms with Crippen molar-refractivity contribution in [2.75, 3.05) is 24.5 Å². The van der Waals surface area contributed by atoms with Crippen molar-refractivity contribution in [2.45, 2.75) is 19.8 Å². The SMILES string of the molecule is CCCc1nc(NN)cc(N(C)c2cccc(OC)c2)n1. The Hall–Kier alpha value is -2.34. The number of methoxy groups -OCH3 is 1. The summed E-state index contributed by atoms with van der Waals surface area (Å²) in [7, 11) is 3.60. The highest BCUT2D eigenvalue weighted by Gasteiger charge is 2.10. The number of ether oxygens (including phenoxy) is 1. The molecule has 0 saturated carbocycles. The zero-order chi connectivity index (χ0) is 15.2. The molecule has 1 heterocycles. The van der Waals surface area contributed by atoms with E-state index in [0.29, 0.717) is 5.82 Å². The molecular weight excluding hydrogens is 266 g/mol. The van der Waals surface area contributed by atoms with Gasteiger partial charge in [0.2, 0.25) is 0 Å². The minimum atomic E-state index is 0.609. The molecule has 0 saturated heterocycles. The van der Waals surface area contributed by atoms with Crippen LogP contribution < -0.4 is 20.9 Å². The van der Waals surface area contributed by atoms with Crippen molar-refractivity contribution in [3.05, 3.63) is 36.2 Å². The molecule has 0 atom stereocenters. The molecule has 6 nitrogen and oxygen atoms in total. The lowest BCUT2D eigenvalue weighted by Gasteiger charge is -2.20. The van der Waals surface area contributed by atoms with E-state index >= 15 is 0 Å². The van der Waals surface area contributed by atoms with E-state index in [0.717, 1.165) is 35.9 Å². The van der Waals surface area contributed by atoms with Crippen molar-refractivity contribution < 1.29 is 4.74 Å². The van der Waals surface area contributed by atoms with E-state index in [2.05, 4.69) is 22.3 Å². The number of hydrazine groups is 1. The highest BCUT2D eigenvalue weighted by Crippen LogP contribution is 2.26. The Bertz CT molecular complexity index is 602. The van der Waals surface area contributed by atoms with Gasteiger partial charge in [0.05, 0.1) is 7.11 Å². The molecule has 0 bridgehead atoms. The van der Waals surface area contributed by atoms with Crippen LogP contribution in [0, 0.1) is 0 Å². The van der Waals surface area contributed by atoms with Crippen LogP contribution in [0.1, 0.15) is 19.2 Å². The van der Waals surface area contributed by atoms with Gasteiger partial charge in [0.1, 0.15) is 23.2 Å². The molecule has 1 aromatic heterocycles. The maximum atomic E-state index is 5.49. The maximum Gasteiger partial charge on any atom is 0.145 e. The fourth-order valence-corrected chi connectivity index (χ4v) is 2.02. The van der Waals surface area contributed by atoms with Gasteiger partial charge in [0, 0.05) is 31.3 Å². The van der Waals surface area contributed by atoms with E-state index in [9.17, 15) is 0 Å². The number of rotatable bonds is 6. The van der Waals surface area contributed by atoms with Crippen LogP contribution in [0.15, 0.2) is 30.3 Å². The quantitative estimate of drug-likeness (QED) is 0.628. The van der Waals surface area contributed by atoms with Gasteiger partial charge in [-0.05, 0) is 18.6 Å². The van der Waals surface area contributed by atoms with Gasteiger partial charge in [-0.2, -0.15) is 0 Å². The summed E-state index contributed by atoms with van der Waals surface area (Å²) in [6.45, 7) is 2.09. The Morgan fingerprint density at radius 3 is 2.76 bits per heavy atom. The molecule has 21 heavy (non-hydrogen) atoms. The number of aromatic nitrogens is 2. The fraction of sp³-hybridized carbons (Fsp3) is 0.333. The number of hydrogen-bond donors (Lipinski definition) is 2. The van der Waals surface area contributed by atoms with Gasteiger partial charge in [-0.25, -0.2) is 15.8 Å². The van der Waals surface area contributed by atoms with Crippen LogP contribution in [-0.4, -0.2) is 24.1 Å². The minimum Gasteiger partial charge on any atom is -0.497 e. The Morgan fingerprint density at radius 2 is 2.10 bits per heavy atom.